The van der Waals surface area contributed by atoms with E-state index in [1.807, 2.05) is 0 Å². The molecule has 1 saturated carbocycles. The molecule has 1 aliphatic rings. The molecule has 5 heteroatoms. The van der Waals surface area contributed by atoms with Gasteiger partial charge in [-0.15, -0.1) is 0 Å². The summed E-state index contributed by atoms with van der Waals surface area (Å²) in [7, 11) is 3.48. The van der Waals surface area contributed by atoms with E-state index in [9.17, 15) is 4.79 Å². The predicted molar refractivity (Wildman–Crippen MR) is 81.1 cm³/mol. The summed E-state index contributed by atoms with van der Waals surface area (Å²) in [5.41, 5.74) is 2.24. The first-order valence-corrected chi connectivity index (χ1v) is 7.12. The maximum atomic E-state index is 12.3. The minimum absolute atomic E-state index is 0. The molecule has 0 spiro atoms. The fourth-order valence-corrected chi connectivity index (χ4v) is 3.41. The summed E-state index contributed by atoms with van der Waals surface area (Å²) in [4.78, 5) is 12.3. The molecule has 1 unspecified atom stereocenters. The van der Waals surface area contributed by atoms with E-state index < -0.39 is 0 Å². The van der Waals surface area contributed by atoms with Gasteiger partial charge in [-0.3, -0.25) is 4.79 Å². The fraction of sp³-hybridized carbons (Fsp3) is 0.429. The van der Waals surface area contributed by atoms with Crippen molar-refractivity contribution < 1.29 is 14.3 Å². The van der Waals surface area contributed by atoms with Gasteiger partial charge in [0.05, 0.1) is 19.8 Å². The van der Waals surface area contributed by atoms with E-state index in [-0.39, 0.29) is 24.4 Å². The van der Waals surface area contributed by atoms with Crippen LogP contribution in [-0.2, 0) is 0 Å². The maximum absolute atomic E-state index is 12.3. The summed E-state index contributed by atoms with van der Waals surface area (Å²) in [5.74, 6) is 1.31. The second-order valence-electron chi connectivity index (χ2n) is 4.33. The monoisotopic (exact) mass is 273 g/mol. The Morgan fingerprint density at radius 3 is 2.42 bits per heavy atom. The Bertz CT molecular complexity index is 431. The van der Waals surface area contributed by atoms with Crippen molar-refractivity contribution in [1.82, 2.24) is 0 Å². The first kappa shape index (κ1) is 16.6. The van der Waals surface area contributed by atoms with Crippen LogP contribution in [0.15, 0.2) is 18.2 Å². The Hall–Kier alpha value is -0.483. The van der Waals surface area contributed by atoms with Crippen molar-refractivity contribution in [3.63, 3.8) is 0 Å². The summed E-state index contributed by atoms with van der Waals surface area (Å²) in [6.45, 7) is 0. The Labute approximate surface area is 128 Å². The van der Waals surface area contributed by atoms with Crippen LogP contribution >= 0.6 is 8.58 Å². The SMILES string of the molecule is COc1ccc(C(=O)P[C]2CCCC2)c(OC)c1.[LiH]. The van der Waals surface area contributed by atoms with Crippen molar-refractivity contribution in [3.05, 3.63) is 29.4 Å². The van der Waals surface area contributed by atoms with Gasteiger partial charge in [0.25, 0.3) is 0 Å². The zero-order valence-corrected chi connectivity index (χ0v) is 11.8. The molecule has 0 aromatic heterocycles. The number of benzene rings is 1. The van der Waals surface area contributed by atoms with Gasteiger partial charge in [-0.1, -0.05) is 12.8 Å². The van der Waals surface area contributed by atoms with E-state index in [1.165, 1.54) is 18.5 Å². The van der Waals surface area contributed by atoms with Crippen molar-refractivity contribution >= 4 is 33.0 Å². The van der Waals surface area contributed by atoms with E-state index in [1.54, 1.807) is 32.4 Å². The molecule has 0 saturated heterocycles. The Balaban J connectivity index is 0.00000180. The van der Waals surface area contributed by atoms with E-state index in [0.717, 1.165) is 12.8 Å². The van der Waals surface area contributed by atoms with Gasteiger partial charge < -0.3 is 9.47 Å². The van der Waals surface area contributed by atoms with Crippen LogP contribution in [0.3, 0.4) is 0 Å². The van der Waals surface area contributed by atoms with Crippen LogP contribution in [0.1, 0.15) is 36.0 Å². The predicted octanol–water partition coefficient (Wildman–Crippen LogP) is 2.98. The average molecular weight is 273 g/mol. The summed E-state index contributed by atoms with van der Waals surface area (Å²) < 4.78 is 10.4. The molecule has 1 aromatic rings. The van der Waals surface area contributed by atoms with E-state index in [2.05, 4.69) is 0 Å². The zero-order chi connectivity index (χ0) is 13.0. The normalized spacial score (nSPS) is 15.5. The van der Waals surface area contributed by atoms with E-state index in [0.29, 0.717) is 25.6 Å². The van der Waals surface area contributed by atoms with Crippen molar-refractivity contribution in [2.75, 3.05) is 14.2 Å². The van der Waals surface area contributed by atoms with Crippen LogP contribution in [0.2, 0.25) is 0 Å². The first-order valence-electron chi connectivity index (χ1n) is 6.12. The third-order valence-electron chi connectivity index (χ3n) is 3.15. The molecule has 0 bridgehead atoms. The Kier molecular flexibility index (Phi) is 6.93. The summed E-state index contributed by atoms with van der Waals surface area (Å²) in [6, 6.07) is 5.36. The van der Waals surface area contributed by atoms with Crippen LogP contribution in [-0.4, -0.2) is 38.6 Å². The molecule has 0 heterocycles. The van der Waals surface area contributed by atoms with Crippen LogP contribution in [0.25, 0.3) is 0 Å². The van der Waals surface area contributed by atoms with Gasteiger partial charge in [-0.05, 0) is 33.6 Å². The first-order chi connectivity index (χ1) is 8.74. The number of carbonyl (C=O) groups is 1. The van der Waals surface area contributed by atoms with Crippen molar-refractivity contribution in [1.29, 1.82) is 0 Å². The van der Waals surface area contributed by atoms with Crippen LogP contribution in [0.5, 0.6) is 11.5 Å². The van der Waals surface area contributed by atoms with Crippen LogP contribution in [0, 0.1) is 5.66 Å². The molecular formula is C14H19LiO3P. The van der Waals surface area contributed by atoms with Gasteiger partial charge in [0.15, 0.2) is 5.52 Å². The molecule has 1 atom stereocenters. The number of ether oxygens (including phenoxy) is 2. The Morgan fingerprint density at radius 1 is 1.16 bits per heavy atom. The molecule has 0 N–H and O–H groups in total. The number of rotatable bonds is 5. The molecule has 1 aliphatic carbocycles. The molecule has 2 rings (SSSR count). The number of hydrogen-bond donors (Lipinski definition) is 0. The van der Waals surface area contributed by atoms with Crippen LogP contribution in [0.4, 0.5) is 0 Å². The topological polar surface area (TPSA) is 35.5 Å². The third kappa shape index (κ3) is 4.25. The summed E-state index contributed by atoms with van der Waals surface area (Å²) in [6.07, 6.45) is 4.69. The van der Waals surface area contributed by atoms with E-state index >= 15 is 0 Å². The zero-order valence-electron chi connectivity index (χ0n) is 10.8. The standard InChI is InChI=1S/C14H18O3P.Li.H/c1-16-10-7-8-12(13(9-10)17-2)14(15)18-11-5-3-4-6-11;;/h7-9,18H,3-6H2,1-2H3;;. The minimum atomic E-state index is 0. The van der Waals surface area contributed by atoms with Crippen LogP contribution < -0.4 is 9.47 Å². The summed E-state index contributed by atoms with van der Waals surface area (Å²) in [5, 5.41) is 0. The number of methoxy groups -OCH3 is 2. The molecule has 19 heavy (non-hydrogen) atoms. The molecule has 99 valence electrons. The number of hydrogen-bond acceptors (Lipinski definition) is 3. The third-order valence-corrected chi connectivity index (χ3v) is 4.50. The summed E-state index contributed by atoms with van der Waals surface area (Å²) >= 11 is 0. The fourth-order valence-electron chi connectivity index (χ4n) is 2.14. The van der Waals surface area contributed by atoms with Gasteiger partial charge >= 0.3 is 18.9 Å². The van der Waals surface area contributed by atoms with Crippen molar-refractivity contribution in [2.24, 2.45) is 0 Å². The molecule has 1 aromatic carbocycles. The molecule has 0 amide bonds. The molecule has 0 aliphatic heterocycles. The second-order valence-corrected chi connectivity index (χ2v) is 5.74. The second kappa shape index (κ2) is 7.95. The van der Waals surface area contributed by atoms with Gasteiger partial charge in [0.2, 0.25) is 0 Å². The van der Waals surface area contributed by atoms with E-state index in [4.69, 9.17) is 9.47 Å². The molecule has 3 nitrogen and oxygen atoms in total. The van der Waals surface area contributed by atoms with Gasteiger partial charge in [-0.2, -0.15) is 0 Å². The van der Waals surface area contributed by atoms with Crippen molar-refractivity contribution in [2.45, 2.75) is 25.7 Å². The molecule has 1 fully saturated rings. The molecular weight excluding hydrogens is 254 g/mol. The van der Waals surface area contributed by atoms with Crippen molar-refractivity contribution in [3.8, 4) is 11.5 Å². The number of carbonyl (C=O) groups excluding carboxylic acids is 1. The Morgan fingerprint density at radius 2 is 1.84 bits per heavy atom. The average Bonchev–Trinajstić information content (AvgIpc) is 2.90. The van der Waals surface area contributed by atoms with Gasteiger partial charge in [-0.25, -0.2) is 0 Å². The van der Waals surface area contributed by atoms with Gasteiger partial charge in [0.1, 0.15) is 11.5 Å². The van der Waals surface area contributed by atoms with Gasteiger partial charge in [0, 0.05) is 11.7 Å². The molecule has 1 radical (unpaired) electrons. The quantitative estimate of drug-likeness (QED) is 0.611.